The highest BCUT2D eigenvalue weighted by Gasteiger charge is 2.13. The Morgan fingerprint density at radius 2 is 2.10 bits per heavy atom. The van der Waals surface area contributed by atoms with E-state index in [0.717, 1.165) is 10.6 Å². The number of nitrogens with zero attached hydrogens (tertiary/aromatic N) is 2. The van der Waals surface area contributed by atoms with Gasteiger partial charge < -0.3 is 4.74 Å². The van der Waals surface area contributed by atoms with Crippen LogP contribution in [0.2, 0.25) is 5.15 Å². The molecular weight excluding hydrogens is 299 g/mol. The summed E-state index contributed by atoms with van der Waals surface area (Å²) < 4.78 is 18.8. The van der Waals surface area contributed by atoms with E-state index in [1.54, 1.807) is 20.1 Å². The zero-order valence-corrected chi connectivity index (χ0v) is 12.3. The summed E-state index contributed by atoms with van der Waals surface area (Å²) in [7, 11) is 1.60. The van der Waals surface area contributed by atoms with Gasteiger partial charge in [-0.25, -0.2) is 14.4 Å². The van der Waals surface area contributed by atoms with Crippen molar-refractivity contribution in [1.29, 1.82) is 0 Å². The van der Waals surface area contributed by atoms with Crippen LogP contribution in [-0.4, -0.2) is 17.1 Å². The molecule has 0 unspecified atom stereocenters. The molecule has 0 aliphatic rings. The first kappa shape index (κ1) is 13.3. The van der Waals surface area contributed by atoms with Crippen molar-refractivity contribution in [3.8, 4) is 16.5 Å². The Balaban J connectivity index is 2.25. The molecule has 20 heavy (non-hydrogen) atoms. The monoisotopic (exact) mass is 308 g/mol. The molecule has 0 saturated carbocycles. The summed E-state index contributed by atoms with van der Waals surface area (Å²) in [6.07, 6.45) is 0. The molecular formula is C14H10ClFN2OS. The van der Waals surface area contributed by atoms with Crippen LogP contribution < -0.4 is 4.74 Å². The molecule has 0 spiro atoms. The molecule has 0 atom stereocenters. The second-order valence-corrected chi connectivity index (χ2v) is 5.53. The van der Waals surface area contributed by atoms with Gasteiger partial charge in [0.25, 0.3) is 0 Å². The van der Waals surface area contributed by atoms with E-state index in [4.69, 9.17) is 16.3 Å². The van der Waals surface area contributed by atoms with Crippen molar-refractivity contribution in [3.05, 3.63) is 40.1 Å². The fourth-order valence-corrected chi connectivity index (χ4v) is 2.94. The first-order valence-electron chi connectivity index (χ1n) is 5.85. The van der Waals surface area contributed by atoms with Gasteiger partial charge >= 0.3 is 0 Å². The lowest BCUT2D eigenvalue weighted by Crippen LogP contribution is -1.94. The van der Waals surface area contributed by atoms with Gasteiger partial charge in [-0.05, 0) is 19.1 Å². The quantitative estimate of drug-likeness (QED) is 0.655. The maximum absolute atomic E-state index is 13.7. The highest BCUT2D eigenvalue weighted by atomic mass is 35.5. The fourth-order valence-electron chi connectivity index (χ4n) is 1.92. The van der Waals surface area contributed by atoms with Crippen molar-refractivity contribution >= 4 is 33.8 Å². The van der Waals surface area contributed by atoms with E-state index in [1.807, 2.05) is 11.4 Å². The van der Waals surface area contributed by atoms with Crippen molar-refractivity contribution < 1.29 is 9.13 Å². The molecule has 0 fully saturated rings. The van der Waals surface area contributed by atoms with Crippen LogP contribution in [0.5, 0.6) is 5.75 Å². The molecule has 0 aliphatic carbocycles. The third-order valence-electron chi connectivity index (χ3n) is 3.04. The molecule has 1 aromatic carbocycles. The predicted octanol–water partition coefficient (Wildman–Crippen LogP) is 4.47. The molecule has 0 N–H and O–H groups in total. The molecule has 3 rings (SSSR count). The molecule has 2 heterocycles. The summed E-state index contributed by atoms with van der Waals surface area (Å²) in [4.78, 5) is 9.54. The van der Waals surface area contributed by atoms with E-state index in [-0.39, 0.29) is 5.82 Å². The average molecular weight is 309 g/mol. The predicted molar refractivity (Wildman–Crippen MR) is 79.1 cm³/mol. The minimum Gasteiger partial charge on any atom is -0.496 e. The van der Waals surface area contributed by atoms with E-state index in [0.29, 0.717) is 27.4 Å². The van der Waals surface area contributed by atoms with Gasteiger partial charge in [-0.15, -0.1) is 11.3 Å². The largest absolute Gasteiger partial charge is 0.496 e. The second kappa shape index (κ2) is 5.00. The van der Waals surface area contributed by atoms with E-state index in [1.165, 1.54) is 17.4 Å². The molecule has 0 radical (unpaired) electrons. The Labute approximate surface area is 124 Å². The lowest BCUT2D eigenvalue weighted by Gasteiger charge is -2.06. The van der Waals surface area contributed by atoms with Crippen LogP contribution in [0.3, 0.4) is 0 Å². The molecule has 0 amide bonds. The smallest absolute Gasteiger partial charge is 0.171 e. The minimum absolute atomic E-state index is 0.304. The standard InChI is InChI=1S/C14H10ClFN2OS/c1-7-10(16)4-3-9-12(7)17-14(18-13(9)15)11-5-8(19-2)6-20-11/h3-6H,1-2H3. The molecule has 102 valence electrons. The maximum atomic E-state index is 13.7. The van der Waals surface area contributed by atoms with E-state index in [2.05, 4.69) is 9.97 Å². The SMILES string of the molecule is COc1csc(-c2nc(Cl)c3ccc(F)c(C)c3n2)c1. The zero-order chi connectivity index (χ0) is 14.3. The van der Waals surface area contributed by atoms with Crippen molar-refractivity contribution in [2.45, 2.75) is 6.92 Å². The normalized spacial score (nSPS) is 11.0. The Kier molecular flexibility index (Phi) is 3.31. The van der Waals surface area contributed by atoms with Gasteiger partial charge in [0, 0.05) is 22.4 Å². The molecule has 0 saturated heterocycles. The first-order valence-corrected chi connectivity index (χ1v) is 7.11. The van der Waals surface area contributed by atoms with Crippen LogP contribution in [0.1, 0.15) is 5.56 Å². The number of methoxy groups -OCH3 is 1. The fraction of sp³-hybridized carbons (Fsp3) is 0.143. The molecule has 0 bridgehead atoms. The first-order chi connectivity index (χ1) is 9.60. The Morgan fingerprint density at radius 3 is 2.80 bits per heavy atom. The van der Waals surface area contributed by atoms with Crippen molar-refractivity contribution in [2.24, 2.45) is 0 Å². The number of hydrogen-bond acceptors (Lipinski definition) is 4. The summed E-state index contributed by atoms with van der Waals surface area (Å²) in [6, 6.07) is 4.80. The van der Waals surface area contributed by atoms with Crippen molar-refractivity contribution in [2.75, 3.05) is 7.11 Å². The van der Waals surface area contributed by atoms with Gasteiger partial charge in [0.1, 0.15) is 16.7 Å². The minimum atomic E-state index is -0.304. The summed E-state index contributed by atoms with van der Waals surface area (Å²) in [5.41, 5.74) is 1.00. The number of aromatic nitrogens is 2. The number of fused-ring (bicyclic) bond motifs is 1. The topological polar surface area (TPSA) is 35.0 Å². The third-order valence-corrected chi connectivity index (χ3v) is 4.23. The summed E-state index contributed by atoms with van der Waals surface area (Å²) in [6.45, 7) is 1.68. The number of benzene rings is 1. The lowest BCUT2D eigenvalue weighted by atomic mass is 10.1. The molecule has 6 heteroatoms. The number of hydrogen-bond donors (Lipinski definition) is 0. The molecule has 2 aromatic heterocycles. The number of rotatable bonds is 2. The Bertz CT molecular complexity index is 803. The van der Waals surface area contributed by atoms with Gasteiger partial charge in [0.15, 0.2) is 5.82 Å². The van der Waals surface area contributed by atoms with Gasteiger partial charge in [0.05, 0.1) is 17.5 Å². The summed E-state index contributed by atoms with van der Waals surface area (Å²) in [5.74, 6) is 0.910. The van der Waals surface area contributed by atoms with Crippen LogP contribution in [-0.2, 0) is 0 Å². The van der Waals surface area contributed by atoms with E-state index in [9.17, 15) is 4.39 Å². The van der Waals surface area contributed by atoms with Crippen LogP contribution in [0.4, 0.5) is 4.39 Å². The molecule has 3 aromatic rings. The zero-order valence-electron chi connectivity index (χ0n) is 10.8. The average Bonchev–Trinajstić information content (AvgIpc) is 2.92. The van der Waals surface area contributed by atoms with Crippen LogP contribution in [0, 0.1) is 12.7 Å². The number of aryl methyl sites for hydroxylation is 1. The number of ether oxygens (including phenoxy) is 1. The van der Waals surface area contributed by atoms with Crippen molar-refractivity contribution in [3.63, 3.8) is 0 Å². The maximum Gasteiger partial charge on any atom is 0.171 e. The highest BCUT2D eigenvalue weighted by Crippen LogP contribution is 2.32. The number of thiophene rings is 1. The Morgan fingerprint density at radius 1 is 1.30 bits per heavy atom. The van der Waals surface area contributed by atoms with Crippen LogP contribution in [0.15, 0.2) is 23.6 Å². The van der Waals surface area contributed by atoms with Crippen molar-refractivity contribution in [1.82, 2.24) is 9.97 Å². The third kappa shape index (κ3) is 2.13. The van der Waals surface area contributed by atoms with Gasteiger partial charge in [-0.1, -0.05) is 11.6 Å². The lowest BCUT2D eigenvalue weighted by molar-refractivity contribution is 0.417. The molecule has 0 aliphatic heterocycles. The second-order valence-electron chi connectivity index (χ2n) is 4.26. The van der Waals surface area contributed by atoms with E-state index < -0.39 is 0 Å². The van der Waals surface area contributed by atoms with Crippen LogP contribution >= 0.6 is 22.9 Å². The van der Waals surface area contributed by atoms with Gasteiger partial charge in [0.2, 0.25) is 0 Å². The van der Waals surface area contributed by atoms with E-state index >= 15 is 0 Å². The summed E-state index contributed by atoms with van der Waals surface area (Å²) >= 11 is 7.63. The highest BCUT2D eigenvalue weighted by molar-refractivity contribution is 7.13. The van der Waals surface area contributed by atoms with Gasteiger partial charge in [-0.3, -0.25) is 0 Å². The van der Waals surface area contributed by atoms with Gasteiger partial charge in [-0.2, -0.15) is 0 Å². The summed E-state index contributed by atoms with van der Waals surface area (Å²) in [5, 5.41) is 2.83. The molecule has 3 nitrogen and oxygen atoms in total. The Hall–Kier alpha value is -1.72. The number of halogens is 2. The van der Waals surface area contributed by atoms with Crippen LogP contribution in [0.25, 0.3) is 21.6 Å².